The van der Waals surface area contributed by atoms with Crippen LogP contribution in [-0.2, 0) is 16.4 Å². The van der Waals surface area contributed by atoms with Gasteiger partial charge in [0.25, 0.3) is 0 Å². The number of benzene rings is 2. The summed E-state index contributed by atoms with van der Waals surface area (Å²) in [5.41, 5.74) is 1.95. The van der Waals surface area contributed by atoms with E-state index in [0.717, 1.165) is 16.9 Å². The van der Waals surface area contributed by atoms with Crippen molar-refractivity contribution in [1.82, 2.24) is 4.72 Å². The van der Waals surface area contributed by atoms with Gasteiger partial charge in [0.1, 0.15) is 12.4 Å². The Kier molecular flexibility index (Phi) is 3.69. The first-order chi connectivity index (χ1) is 10.0. The summed E-state index contributed by atoms with van der Waals surface area (Å²) < 4.78 is 33.1. The molecular formula is C16H17NO3S. The summed E-state index contributed by atoms with van der Waals surface area (Å²) in [6, 6.07) is 14.4. The molecule has 4 nitrogen and oxygen atoms in total. The van der Waals surface area contributed by atoms with Crippen LogP contribution in [0.4, 0.5) is 0 Å². The zero-order valence-corrected chi connectivity index (χ0v) is 12.6. The third-order valence-electron chi connectivity index (χ3n) is 3.50. The van der Waals surface area contributed by atoms with Crippen LogP contribution in [0.2, 0.25) is 0 Å². The predicted molar refractivity (Wildman–Crippen MR) is 80.9 cm³/mol. The second-order valence-electron chi connectivity index (χ2n) is 5.26. The molecule has 0 amide bonds. The van der Waals surface area contributed by atoms with Crippen LogP contribution >= 0.6 is 0 Å². The van der Waals surface area contributed by atoms with Crippen molar-refractivity contribution in [1.29, 1.82) is 0 Å². The van der Waals surface area contributed by atoms with E-state index in [1.807, 2.05) is 37.3 Å². The summed E-state index contributed by atoms with van der Waals surface area (Å²) in [5.74, 6) is 0.837. The molecule has 0 saturated carbocycles. The highest BCUT2D eigenvalue weighted by atomic mass is 32.2. The minimum Gasteiger partial charge on any atom is -0.492 e. The minimum atomic E-state index is -3.51. The standard InChI is InChI=1S/C16H17NO3S/c1-12-5-4-7-15(9-12)21(18,19)17-14-10-13-6-2-3-8-16(13)20-11-14/h2-9,14,17H,10-11H2,1H3. The number of para-hydroxylation sites is 1. The second kappa shape index (κ2) is 5.50. The number of hydrogen-bond acceptors (Lipinski definition) is 3. The van der Waals surface area contributed by atoms with Crippen molar-refractivity contribution in [3.63, 3.8) is 0 Å². The molecule has 1 N–H and O–H groups in total. The normalized spacial score (nSPS) is 17.9. The smallest absolute Gasteiger partial charge is 0.240 e. The summed E-state index contributed by atoms with van der Waals surface area (Å²) in [5, 5.41) is 0. The number of rotatable bonds is 3. The minimum absolute atomic E-state index is 0.245. The molecule has 0 aromatic heterocycles. The molecule has 1 aliphatic heterocycles. The SMILES string of the molecule is Cc1cccc(S(=O)(=O)NC2COc3ccccc3C2)c1. The quantitative estimate of drug-likeness (QED) is 0.946. The average molecular weight is 303 g/mol. The van der Waals surface area contributed by atoms with Gasteiger partial charge < -0.3 is 4.74 Å². The van der Waals surface area contributed by atoms with Crippen LogP contribution in [-0.4, -0.2) is 21.1 Å². The van der Waals surface area contributed by atoms with Crippen LogP contribution in [0.1, 0.15) is 11.1 Å². The zero-order chi connectivity index (χ0) is 14.9. The molecule has 3 rings (SSSR count). The third kappa shape index (κ3) is 3.09. The van der Waals surface area contributed by atoms with E-state index in [-0.39, 0.29) is 6.04 Å². The highest BCUT2D eigenvalue weighted by Crippen LogP contribution is 2.24. The van der Waals surface area contributed by atoms with Crippen LogP contribution in [0.15, 0.2) is 53.4 Å². The lowest BCUT2D eigenvalue weighted by Crippen LogP contribution is -2.42. The Hall–Kier alpha value is -1.85. The van der Waals surface area contributed by atoms with Crippen LogP contribution in [0.3, 0.4) is 0 Å². The summed E-state index contributed by atoms with van der Waals surface area (Å²) in [6.07, 6.45) is 0.640. The maximum atomic E-state index is 12.4. The topological polar surface area (TPSA) is 55.4 Å². The second-order valence-corrected chi connectivity index (χ2v) is 6.97. The van der Waals surface area contributed by atoms with E-state index in [2.05, 4.69) is 4.72 Å². The molecule has 0 bridgehead atoms. The van der Waals surface area contributed by atoms with Crippen LogP contribution in [0.25, 0.3) is 0 Å². The molecule has 1 heterocycles. The third-order valence-corrected chi connectivity index (χ3v) is 5.02. The molecule has 0 saturated heterocycles. The molecule has 0 aliphatic carbocycles. The van der Waals surface area contributed by atoms with Gasteiger partial charge in [-0.1, -0.05) is 30.3 Å². The Morgan fingerprint density at radius 3 is 2.76 bits per heavy atom. The van der Waals surface area contributed by atoms with Gasteiger partial charge in [-0.15, -0.1) is 0 Å². The van der Waals surface area contributed by atoms with E-state index < -0.39 is 10.0 Å². The van der Waals surface area contributed by atoms with Crippen molar-refractivity contribution in [2.75, 3.05) is 6.61 Å². The van der Waals surface area contributed by atoms with Gasteiger partial charge in [0.2, 0.25) is 10.0 Å². The largest absolute Gasteiger partial charge is 0.492 e. The van der Waals surface area contributed by atoms with Crippen molar-refractivity contribution < 1.29 is 13.2 Å². The Bertz CT molecular complexity index is 756. The van der Waals surface area contributed by atoms with Gasteiger partial charge in [0, 0.05) is 0 Å². The fourth-order valence-corrected chi connectivity index (χ4v) is 3.80. The zero-order valence-electron chi connectivity index (χ0n) is 11.7. The first-order valence-electron chi connectivity index (χ1n) is 6.84. The molecule has 0 radical (unpaired) electrons. The molecule has 0 fully saturated rings. The van der Waals surface area contributed by atoms with Crippen molar-refractivity contribution >= 4 is 10.0 Å². The number of nitrogens with one attached hydrogen (secondary N) is 1. The first-order valence-corrected chi connectivity index (χ1v) is 8.32. The van der Waals surface area contributed by atoms with Gasteiger partial charge in [-0.05, 0) is 42.7 Å². The lowest BCUT2D eigenvalue weighted by Gasteiger charge is -2.25. The number of fused-ring (bicyclic) bond motifs is 1. The number of aryl methyl sites for hydroxylation is 1. The number of ether oxygens (including phenoxy) is 1. The fourth-order valence-electron chi connectivity index (χ4n) is 2.47. The number of sulfonamides is 1. The Balaban J connectivity index is 1.78. The van der Waals surface area contributed by atoms with Crippen LogP contribution < -0.4 is 9.46 Å². The van der Waals surface area contributed by atoms with Gasteiger partial charge >= 0.3 is 0 Å². The molecule has 110 valence electrons. The average Bonchev–Trinajstić information content (AvgIpc) is 2.47. The molecule has 5 heteroatoms. The van der Waals surface area contributed by atoms with Gasteiger partial charge in [0.15, 0.2) is 0 Å². The Morgan fingerprint density at radius 2 is 1.95 bits per heavy atom. The lowest BCUT2D eigenvalue weighted by molar-refractivity contribution is 0.254. The molecule has 2 aromatic rings. The maximum absolute atomic E-state index is 12.4. The molecule has 2 aromatic carbocycles. The molecule has 1 unspecified atom stereocenters. The van der Waals surface area contributed by atoms with Crippen molar-refractivity contribution in [2.45, 2.75) is 24.3 Å². The Labute approximate surface area is 124 Å². The lowest BCUT2D eigenvalue weighted by atomic mass is 10.0. The number of hydrogen-bond donors (Lipinski definition) is 1. The van der Waals surface area contributed by atoms with E-state index in [0.29, 0.717) is 17.9 Å². The highest BCUT2D eigenvalue weighted by molar-refractivity contribution is 7.89. The summed E-state index contributed by atoms with van der Waals surface area (Å²) in [6.45, 7) is 2.22. The Morgan fingerprint density at radius 1 is 1.14 bits per heavy atom. The summed E-state index contributed by atoms with van der Waals surface area (Å²) >= 11 is 0. The van der Waals surface area contributed by atoms with Crippen molar-refractivity contribution in [3.8, 4) is 5.75 Å². The molecule has 21 heavy (non-hydrogen) atoms. The molecule has 0 spiro atoms. The van der Waals surface area contributed by atoms with Gasteiger partial charge in [-0.25, -0.2) is 13.1 Å². The van der Waals surface area contributed by atoms with E-state index in [9.17, 15) is 8.42 Å². The van der Waals surface area contributed by atoms with Crippen LogP contribution in [0.5, 0.6) is 5.75 Å². The monoisotopic (exact) mass is 303 g/mol. The first kappa shape index (κ1) is 14.1. The summed E-state index contributed by atoms with van der Waals surface area (Å²) in [4.78, 5) is 0.293. The molecule has 1 aliphatic rings. The van der Waals surface area contributed by atoms with Crippen molar-refractivity contribution in [2.24, 2.45) is 0 Å². The summed E-state index contributed by atoms with van der Waals surface area (Å²) in [7, 11) is -3.51. The van der Waals surface area contributed by atoms with E-state index in [4.69, 9.17) is 4.74 Å². The predicted octanol–water partition coefficient (Wildman–Crippen LogP) is 2.28. The fraction of sp³-hybridized carbons (Fsp3) is 0.250. The van der Waals surface area contributed by atoms with E-state index in [1.54, 1.807) is 18.2 Å². The van der Waals surface area contributed by atoms with Gasteiger partial charge in [-0.3, -0.25) is 0 Å². The highest BCUT2D eigenvalue weighted by Gasteiger charge is 2.25. The maximum Gasteiger partial charge on any atom is 0.240 e. The van der Waals surface area contributed by atoms with E-state index >= 15 is 0 Å². The van der Waals surface area contributed by atoms with Gasteiger partial charge in [-0.2, -0.15) is 0 Å². The van der Waals surface area contributed by atoms with Crippen LogP contribution in [0, 0.1) is 6.92 Å². The van der Waals surface area contributed by atoms with E-state index in [1.165, 1.54) is 0 Å². The van der Waals surface area contributed by atoms with Gasteiger partial charge in [0.05, 0.1) is 10.9 Å². The molecular weight excluding hydrogens is 286 g/mol. The molecule has 1 atom stereocenters. The van der Waals surface area contributed by atoms with Crippen molar-refractivity contribution in [3.05, 3.63) is 59.7 Å².